The molecule has 0 aromatic carbocycles. The van der Waals surface area contributed by atoms with Gasteiger partial charge in [-0.25, -0.2) is 4.98 Å². The maximum absolute atomic E-state index is 5.31. The summed E-state index contributed by atoms with van der Waals surface area (Å²) in [5, 5.41) is 6.77. The van der Waals surface area contributed by atoms with Crippen molar-refractivity contribution < 1.29 is 4.74 Å². The number of rotatable bonds is 10. The van der Waals surface area contributed by atoms with Crippen LogP contribution in [-0.4, -0.2) is 49.3 Å². The first kappa shape index (κ1) is 16.6. The van der Waals surface area contributed by atoms with Crippen LogP contribution in [0.5, 0.6) is 0 Å². The number of aromatic nitrogens is 1. The number of nitrogens with zero attached hydrogens (tertiary/aromatic N) is 2. The fourth-order valence-corrected chi connectivity index (χ4v) is 2.41. The van der Waals surface area contributed by atoms with Crippen molar-refractivity contribution in [3.8, 4) is 0 Å². The molecule has 1 N–H and O–H groups in total. The van der Waals surface area contributed by atoms with Crippen molar-refractivity contribution in [2.45, 2.75) is 39.8 Å². The Hall–Kier alpha value is -0.490. The fraction of sp³-hybridized carbons (Fsp3) is 0.786. The zero-order valence-corrected chi connectivity index (χ0v) is 13.4. The predicted octanol–water partition coefficient (Wildman–Crippen LogP) is 2.29. The van der Waals surface area contributed by atoms with Crippen LogP contribution in [0.2, 0.25) is 0 Å². The first-order chi connectivity index (χ1) is 9.13. The van der Waals surface area contributed by atoms with Crippen molar-refractivity contribution >= 4 is 11.3 Å². The molecular formula is C14H27N3OS. The lowest BCUT2D eigenvalue weighted by atomic mass is 10.2. The van der Waals surface area contributed by atoms with Crippen molar-refractivity contribution in [3.05, 3.63) is 16.1 Å². The van der Waals surface area contributed by atoms with Crippen LogP contribution in [0.15, 0.2) is 5.38 Å². The summed E-state index contributed by atoms with van der Waals surface area (Å²) < 4.78 is 5.31. The lowest BCUT2D eigenvalue weighted by Gasteiger charge is -2.24. The lowest BCUT2D eigenvalue weighted by Crippen LogP contribution is -2.38. The number of hydrogen-bond donors (Lipinski definition) is 1. The summed E-state index contributed by atoms with van der Waals surface area (Å²) in [5.74, 6) is 0. The monoisotopic (exact) mass is 285 g/mol. The van der Waals surface area contributed by atoms with E-state index in [9.17, 15) is 0 Å². The third-order valence-electron chi connectivity index (χ3n) is 3.12. The van der Waals surface area contributed by atoms with Crippen molar-refractivity contribution in [1.29, 1.82) is 0 Å². The molecule has 1 heterocycles. The second-order valence-corrected chi connectivity index (χ2v) is 5.94. The molecule has 19 heavy (non-hydrogen) atoms. The van der Waals surface area contributed by atoms with Crippen molar-refractivity contribution in [1.82, 2.24) is 15.2 Å². The molecule has 1 rings (SSSR count). The molecule has 0 saturated carbocycles. The van der Waals surface area contributed by atoms with E-state index in [1.165, 1.54) is 5.69 Å². The minimum absolute atomic E-state index is 0.508. The van der Waals surface area contributed by atoms with E-state index < -0.39 is 0 Å². The van der Waals surface area contributed by atoms with Gasteiger partial charge >= 0.3 is 0 Å². The molecule has 1 aromatic rings. The largest absolute Gasteiger partial charge is 0.382 e. The third-order valence-corrected chi connectivity index (χ3v) is 3.94. The van der Waals surface area contributed by atoms with Gasteiger partial charge in [0.2, 0.25) is 0 Å². The molecule has 0 aliphatic carbocycles. The molecule has 0 aliphatic heterocycles. The molecule has 0 bridgehead atoms. The summed E-state index contributed by atoms with van der Waals surface area (Å²) in [6, 6.07) is 0.508. The predicted molar refractivity (Wildman–Crippen MR) is 81.8 cm³/mol. The SMILES string of the molecule is CCOCCCNCC(C)N(C)Cc1csc(C)n1. The topological polar surface area (TPSA) is 37.4 Å². The number of thiazole rings is 1. The number of ether oxygens (including phenoxy) is 1. The van der Waals surface area contributed by atoms with Gasteiger partial charge in [0.05, 0.1) is 10.7 Å². The van der Waals surface area contributed by atoms with Crippen LogP contribution >= 0.6 is 11.3 Å². The zero-order chi connectivity index (χ0) is 14.1. The highest BCUT2D eigenvalue weighted by Gasteiger charge is 2.10. The van der Waals surface area contributed by atoms with Gasteiger partial charge in [-0.1, -0.05) is 0 Å². The van der Waals surface area contributed by atoms with E-state index in [2.05, 4.69) is 41.5 Å². The Morgan fingerprint density at radius 3 is 2.95 bits per heavy atom. The van der Waals surface area contributed by atoms with Crippen LogP contribution in [0.25, 0.3) is 0 Å². The van der Waals surface area contributed by atoms with Crippen LogP contribution in [-0.2, 0) is 11.3 Å². The van der Waals surface area contributed by atoms with Gasteiger partial charge in [-0.15, -0.1) is 11.3 Å². The maximum atomic E-state index is 5.31. The molecule has 110 valence electrons. The summed E-state index contributed by atoms with van der Waals surface area (Å²) in [6.45, 7) is 10.9. The molecule has 0 fully saturated rings. The molecule has 0 aliphatic rings. The van der Waals surface area contributed by atoms with Gasteiger partial charge in [0.25, 0.3) is 0 Å². The van der Waals surface area contributed by atoms with E-state index in [1.807, 2.05) is 6.92 Å². The van der Waals surface area contributed by atoms with E-state index in [0.717, 1.165) is 44.3 Å². The number of likely N-dealkylation sites (N-methyl/N-ethyl adjacent to an activating group) is 1. The van der Waals surface area contributed by atoms with Crippen molar-refractivity contribution in [2.75, 3.05) is 33.4 Å². The Bertz CT molecular complexity index is 343. The minimum atomic E-state index is 0.508. The second kappa shape index (κ2) is 9.42. The summed E-state index contributed by atoms with van der Waals surface area (Å²) in [4.78, 5) is 6.84. The Balaban J connectivity index is 2.12. The van der Waals surface area contributed by atoms with Gasteiger partial charge in [-0.2, -0.15) is 0 Å². The van der Waals surface area contributed by atoms with Crippen LogP contribution < -0.4 is 5.32 Å². The van der Waals surface area contributed by atoms with Crippen molar-refractivity contribution in [2.24, 2.45) is 0 Å². The summed E-state index contributed by atoms with van der Waals surface area (Å²) in [6.07, 6.45) is 1.08. The molecule has 1 aromatic heterocycles. The van der Waals surface area contributed by atoms with Gasteiger partial charge in [-0.3, -0.25) is 4.90 Å². The quantitative estimate of drug-likeness (QED) is 0.669. The Labute approximate surface area is 121 Å². The summed E-state index contributed by atoms with van der Waals surface area (Å²) >= 11 is 1.72. The average Bonchev–Trinajstić information content (AvgIpc) is 2.78. The Morgan fingerprint density at radius 1 is 1.53 bits per heavy atom. The van der Waals surface area contributed by atoms with Gasteiger partial charge in [0, 0.05) is 37.7 Å². The number of aryl methyl sites for hydroxylation is 1. The molecule has 0 amide bonds. The highest BCUT2D eigenvalue weighted by Crippen LogP contribution is 2.10. The first-order valence-corrected chi connectivity index (χ1v) is 7.91. The summed E-state index contributed by atoms with van der Waals surface area (Å²) in [7, 11) is 2.15. The molecule has 0 radical (unpaired) electrons. The van der Waals surface area contributed by atoms with Crippen LogP contribution in [0.4, 0.5) is 0 Å². The molecule has 1 unspecified atom stereocenters. The first-order valence-electron chi connectivity index (χ1n) is 7.03. The van der Waals surface area contributed by atoms with Gasteiger partial charge in [-0.05, 0) is 40.8 Å². The average molecular weight is 285 g/mol. The van der Waals surface area contributed by atoms with Crippen molar-refractivity contribution in [3.63, 3.8) is 0 Å². The van der Waals surface area contributed by atoms with E-state index in [4.69, 9.17) is 4.74 Å². The van der Waals surface area contributed by atoms with E-state index in [0.29, 0.717) is 6.04 Å². The zero-order valence-electron chi connectivity index (χ0n) is 12.6. The van der Waals surface area contributed by atoms with Gasteiger partial charge in [0.15, 0.2) is 0 Å². The second-order valence-electron chi connectivity index (χ2n) is 4.88. The molecule has 4 nitrogen and oxygen atoms in total. The van der Waals surface area contributed by atoms with Gasteiger partial charge in [0.1, 0.15) is 0 Å². The molecule has 0 saturated heterocycles. The van der Waals surface area contributed by atoms with Gasteiger partial charge < -0.3 is 10.1 Å². The minimum Gasteiger partial charge on any atom is -0.382 e. The number of hydrogen-bond acceptors (Lipinski definition) is 5. The molecule has 0 spiro atoms. The highest BCUT2D eigenvalue weighted by atomic mass is 32.1. The Morgan fingerprint density at radius 2 is 2.32 bits per heavy atom. The normalized spacial score (nSPS) is 13.1. The van der Waals surface area contributed by atoms with Crippen LogP contribution in [0.1, 0.15) is 31.0 Å². The standard InChI is InChI=1S/C14H27N3OS/c1-5-18-8-6-7-15-9-12(2)17(4)10-14-11-19-13(3)16-14/h11-12,15H,5-10H2,1-4H3. The Kier molecular flexibility index (Phi) is 8.21. The number of nitrogens with one attached hydrogen (secondary N) is 1. The van der Waals surface area contributed by atoms with E-state index >= 15 is 0 Å². The van der Waals surface area contributed by atoms with Crippen LogP contribution in [0.3, 0.4) is 0 Å². The maximum Gasteiger partial charge on any atom is 0.0897 e. The summed E-state index contributed by atoms with van der Waals surface area (Å²) in [5.41, 5.74) is 1.17. The smallest absolute Gasteiger partial charge is 0.0897 e. The highest BCUT2D eigenvalue weighted by molar-refractivity contribution is 7.09. The van der Waals surface area contributed by atoms with E-state index in [-0.39, 0.29) is 0 Å². The van der Waals surface area contributed by atoms with E-state index in [1.54, 1.807) is 11.3 Å². The third kappa shape index (κ3) is 7.01. The molecule has 1 atom stereocenters. The molecular weight excluding hydrogens is 258 g/mol. The fourth-order valence-electron chi connectivity index (χ4n) is 1.80. The van der Waals surface area contributed by atoms with Crippen LogP contribution in [0, 0.1) is 6.92 Å². The lowest BCUT2D eigenvalue weighted by molar-refractivity contribution is 0.144. The molecule has 5 heteroatoms.